The lowest BCUT2D eigenvalue weighted by atomic mass is 10.1. The summed E-state index contributed by atoms with van der Waals surface area (Å²) in [5.74, 6) is 0. The van der Waals surface area contributed by atoms with Gasteiger partial charge >= 0.3 is 0 Å². The second-order valence-electron chi connectivity index (χ2n) is 3.76. The van der Waals surface area contributed by atoms with Gasteiger partial charge in [-0.15, -0.1) is 5.10 Å². The standard InChI is InChI=1S/C13H10BrN3S/c1-8-9(2)16-17-13(12(8)7-15)18-11-5-3-10(14)4-6-11/h3-6H,1-2H3. The van der Waals surface area contributed by atoms with E-state index in [0.29, 0.717) is 10.6 Å². The van der Waals surface area contributed by atoms with Gasteiger partial charge in [-0.25, -0.2) is 0 Å². The van der Waals surface area contributed by atoms with Gasteiger partial charge in [-0.2, -0.15) is 10.4 Å². The molecule has 0 unspecified atom stereocenters. The lowest BCUT2D eigenvalue weighted by Gasteiger charge is -2.06. The molecule has 0 fully saturated rings. The molecule has 2 rings (SSSR count). The molecule has 1 aromatic heterocycles. The third kappa shape index (κ3) is 2.71. The molecular weight excluding hydrogens is 310 g/mol. The normalized spacial score (nSPS) is 10.1. The molecule has 0 radical (unpaired) electrons. The molecule has 0 N–H and O–H groups in total. The number of halogens is 1. The average Bonchev–Trinajstić information content (AvgIpc) is 2.37. The van der Waals surface area contributed by atoms with Gasteiger partial charge < -0.3 is 0 Å². The smallest absolute Gasteiger partial charge is 0.142 e. The Hall–Kier alpha value is -1.38. The molecule has 0 amide bonds. The topological polar surface area (TPSA) is 49.6 Å². The van der Waals surface area contributed by atoms with Crippen LogP contribution in [0.2, 0.25) is 0 Å². The fraction of sp³-hybridized carbons (Fsp3) is 0.154. The van der Waals surface area contributed by atoms with E-state index in [9.17, 15) is 5.26 Å². The van der Waals surface area contributed by atoms with Crippen molar-refractivity contribution in [1.29, 1.82) is 5.26 Å². The monoisotopic (exact) mass is 319 g/mol. The van der Waals surface area contributed by atoms with E-state index in [1.165, 1.54) is 11.8 Å². The fourth-order valence-corrected chi connectivity index (χ4v) is 2.55. The number of nitriles is 1. The summed E-state index contributed by atoms with van der Waals surface area (Å²) in [5.41, 5.74) is 2.30. The SMILES string of the molecule is Cc1nnc(Sc2ccc(Br)cc2)c(C#N)c1C. The first kappa shape index (κ1) is 13.1. The maximum absolute atomic E-state index is 9.21. The molecule has 0 saturated heterocycles. The summed E-state index contributed by atoms with van der Waals surface area (Å²) in [6, 6.07) is 10.1. The zero-order valence-corrected chi connectivity index (χ0v) is 12.3. The van der Waals surface area contributed by atoms with Crippen LogP contribution in [-0.4, -0.2) is 10.2 Å². The van der Waals surface area contributed by atoms with E-state index in [1.807, 2.05) is 38.1 Å². The highest BCUT2D eigenvalue weighted by Gasteiger charge is 2.11. The zero-order valence-electron chi connectivity index (χ0n) is 9.94. The van der Waals surface area contributed by atoms with Crippen molar-refractivity contribution in [2.24, 2.45) is 0 Å². The first-order valence-electron chi connectivity index (χ1n) is 5.29. The Labute approximate surface area is 118 Å². The maximum atomic E-state index is 9.21. The Morgan fingerprint density at radius 2 is 1.83 bits per heavy atom. The van der Waals surface area contributed by atoms with Crippen LogP contribution in [0.25, 0.3) is 0 Å². The minimum Gasteiger partial charge on any atom is -0.192 e. The van der Waals surface area contributed by atoms with E-state index in [0.717, 1.165) is 20.6 Å². The van der Waals surface area contributed by atoms with Gasteiger partial charge in [0, 0.05) is 9.37 Å². The number of aryl methyl sites for hydroxylation is 1. The third-order valence-electron chi connectivity index (χ3n) is 2.56. The second kappa shape index (κ2) is 5.51. The lowest BCUT2D eigenvalue weighted by Crippen LogP contribution is -1.98. The van der Waals surface area contributed by atoms with Crippen LogP contribution in [0, 0.1) is 25.2 Å². The number of hydrogen-bond acceptors (Lipinski definition) is 4. The van der Waals surface area contributed by atoms with Crippen molar-refractivity contribution in [3.8, 4) is 6.07 Å². The molecule has 1 heterocycles. The molecule has 1 aromatic carbocycles. The number of rotatable bonds is 2. The van der Waals surface area contributed by atoms with Gasteiger partial charge in [-0.3, -0.25) is 0 Å². The maximum Gasteiger partial charge on any atom is 0.142 e. The molecule has 0 aliphatic heterocycles. The molecule has 0 saturated carbocycles. The Morgan fingerprint density at radius 1 is 1.17 bits per heavy atom. The molecule has 5 heteroatoms. The number of nitrogens with zero attached hydrogens (tertiary/aromatic N) is 3. The van der Waals surface area contributed by atoms with Crippen molar-refractivity contribution >= 4 is 27.7 Å². The van der Waals surface area contributed by atoms with Crippen LogP contribution < -0.4 is 0 Å². The van der Waals surface area contributed by atoms with Crippen LogP contribution in [-0.2, 0) is 0 Å². The van der Waals surface area contributed by atoms with Crippen LogP contribution in [0.1, 0.15) is 16.8 Å². The van der Waals surface area contributed by atoms with Crippen LogP contribution in [0.4, 0.5) is 0 Å². The summed E-state index contributed by atoms with van der Waals surface area (Å²) in [5, 5.41) is 18.0. The van der Waals surface area contributed by atoms with Gasteiger partial charge in [0.1, 0.15) is 11.1 Å². The van der Waals surface area contributed by atoms with E-state index in [-0.39, 0.29) is 0 Å². The summed E-state index contributed by atoms with van der Waals surface area (Å²) in [7, 11) is 0. The van der Waals surface area contributed by atoms with Gasteiger partial charge in [0.2, 0.25) is 0 Å². The minimum atomic E-state index is 0.607. The largest absolute Gasteiger partial charge is 0.192 e. The van der Waals surface area contributed by atoms with Crippen LogP contribution in [0.3, 0.4) is 0 Å². The van der Waals surface area contributed by atoms with Crippen molar-refractivity contribution in [2.45, 2.75) is 23.8 Å². The van der Waals surface area contributed by atoms with E-state index < -0.39 is 0 Å². The summed E-state index contributed by atoms with van der Waals surface area (Å²) in [6.07, 6.45) is 0. The van der Waals surface area contributed by atoms with Crippen molar-refractivity contribution in [2.75, 3.05) is 0 Å². The molecule has 18 heavy (non-hydrogen) atoms. The Kier molecular flexibility index (Phi) is 4.00. The van der Waals surface area contributed by atoms with Crippen molar-refractivity contribution in [3.63, 3.8) is 0 Å². The van der Waals surface area contributed by atoms with Crippen molar-refractivity contribution < 1.29 is 0 Å². The first-order chi connectivity index (χ1) is 8.61. The summed E-state index contributed by atoms with van der Waals surface area (Å²) in [4.78, 5) is 1.03. The van der Waals surface area contributed by atoms with Gasteiger partial charge in [0.15, 0.2) is 0 Å². The highest BCUT2D eigenvalue weighted by atomic mass is 79.9. The van der Waals surface area contributed by atoms with Crippen molar-refractivity contribution in [3.05, 3.63) is 45.6 Å². The van der Waals surface area contributed by atoms with Gasteiger partial charge in [0.05, 0.1) is 11.3 Å². The van der Waals surface area contributed by atoms with Crippen LogP contribution in [0.15, 0.2) is 38.7 Å². The highest BCUT2D eigenvalue weighted by Crippen LogP contribution is 2.30. The van der Waals surface area contributed by atoms with Gasteiger partial charge in [0.25, 0.3) is 0 Å². The predicted octanol–water partition coefficient (Wildman–Crippen LogP) is 3.88. The van der Waals surface area contributed by atoms with E-state index in [4.69, 9.17) is 0 Å². The summed E-state index contributed by atoms with van der Waals surface area (Å²) >= 11 is 4.84. The Bertz CT molecular complexity index is 617. The van der Waals surface area contributed by atoms with Crippen LogP contribution >= 0.6 is 27.7 Å². The minimum absolute atomic E-state index is 0.607. The number of hydrogen-bond donors (Lipinski definition) is 0. The Balaban J connectivity index is 2.38. The summed E-state index contributed by atoms with van der Waals surface area (Å²) < 4.78 is 1.03. The predicted molar refractivity (Wildman–Crippen MR) is 74.5 cm³/mol. The number of aromatic nitrogens is 2. The zero-order chi connectivity index (χ0) is 13.1. The molecule has 0 aliphatic carbocycles. The number of benzene rings is 1. The van der Waals surface area contributed by atoms with Crippen LogP contribution in [0.5, 0.6) is 0 Å². The summed E-state index contributed by atoms with van der Waals surface area (Å²) in [6.45, 7) is 3.76. The molecule has 2 aromatic rings. The van der Waals surface area contributed by atoms with Crippen molar-refractivity contribution in [1.82, 2.24) is 10.2 Å². The van der Waals surface area contributed by atoms with Gasteiger partial charge in [-0.05, 0) is 43.7 Å². The van der Waals surface area contributed by atoms with E-state index in [1.54, 1.807) is 0 Å². The Morgan fingerprint density at radius 3 is 2.44 bits per heavy atom. The van der Waals surface area contributed by atoms with E-state index in [2.05, 4.69) is 32.2 Å². The molecule has 90 valence electrons. The molecular formula is C13H10BrN3S. The van der Waals surface area contributed by atoms with E-state index >= 15 is 0 Å². The molecule has 0 atom stereocenters. The fourth-order valence-electron chi connectivity index (χ4n) is 1.40. The third-order valence-corrected chi connectivity index (χ3v) is 4.08. The molecule has 0 aliphatic rings. The second-order valence-corrected chi connectivity index (χ2v) is 5.74. The lowest BCUT2D eigenvalue weighted by molar-refractivity contribution is 0.871. The van der Waals surface area contributed by atoms with Gasteiger partial charge in [-0.1, -0.05) is 27.7 Å². The molecule has 3 nitrogen and oxygen atoms in total. The average molecular weight is 320 g/mol. The molecule has 0 spiro atoms. The highest BCUT2D eigenvalue weighted by molar-refractivity contribution is 9.10. The molecule has 0 bridgehead atoms. The first-order valence-corrected chi connectivity index (χ1v) is 6.90. The quantitative estimate of drug-likeness (QED) is 0.842.